The summed E-state index contributed by atoms with van der Waals surface area (Å²) in [6.45, 7) is 6.70. The maximum absolute atomic E-state index is 5.91. The number of rotatable bonds is 3. The Morgan fingerprint density at radius 3 is 2.28 bits per heavy atom. The molecular formula is C14H18ClN3. The molecule has 1 unspecified atom stereocenters. The Morgan fingerprint density at radius 1 is 1.22 bits per heavy atom. The Labute approximate surface area is 113 Å². The average Bonchev–Trinajstić information content (AvgIpc) is 2.61. The fourth-order valence-electron chi connectivity index (χ4n) is 2.11. The van der Waals surface area contributed by atoms with Crippen LogP contribution in [-0.4, -0.2) is 16.3 Å². The number of aryl methyl sites for hydroxylation is 1. The number of nitrogens with two attached hydrogens (primary N) is 1. The van der Waals surface area contributed by atoms with E-state index in [-0.39, 0.29) is 6.04 Å². The van der Waals surface area contributed by atoms with E-state index in [0.29, 0.717) is 6.54 Å². The first-order valence-corrected chi connectivity index (χ1v) is 6.40. The maximum Gasteiger partial charge on any atom is 0.0893 e. The van der Waals surface area contributed by atoms with Gasteiger partial charge in [0.1, 0.15) is 0 Å². The summed E-state index contributed by atoms with van der Waals surface area (Å²) in [7, 11) is 0. The van der Waals surface area contributed by atoms with Crippen molar-refractivity contribution in [1.29, 1.82) is 0 Å². The SMILES string of the molecule is Cc1nn(C(CN)c2ccc(Cl)cc2)c(C)c1C. The van der Waals surface area contributed by atoms with E-state index in [1.165, 1.54) is 5.56 Å². The van der Waals surface area contributed by atoms with Crippen LogP contribution in [0.5, 0.6) is 0 Å². The minimum Gasteiger partial charge on any atom is -0.328 e. The molecule has 0 spiro atoms. The van der Waals surface area contributed by atoms with E-state index < -0.39 is 0 Å². The molecule has 4 heteroatoms. The number of hydrogen-bond acceptors (Lipinski definition) is 2. The minimum absolute atomic E-state index is 0.0645. The lowest BCUT2D eigenvalue weighted by Crippen LogP contribution is -2.22. The molecule has 3 nitrogen and oxygen atoms in total. The number of nitrogens with zero attached hydrogens (tertiary/aromatic N) is 2. The number of aromatic nitrogens is 2. The zero-order valence-corrected chi connectivity index (χ0v) is 11.7. The molecule has 1 aromatic heterocycles. The van der Waals surface area contributed by atoms with E-state index in [4.69, 9.17) is 17.3 Å². The molecule has 1 heterocycles. The molecule has 96 valence electrons. The Kier molecular flexibility index (Phi) is 3.73. The van der Waals surface area contributed by atoms with Gasteiger partial charge in [0, 0.05) is 17.3 Å². The standard InChI is InChI=1S/C14H18ClN3/c1-9-10(2)17-18(11(9)3)14(8-16)12-4-6-13(15)7-5-12/h4-7,14H,8,16H2,1-3H3. The lowest BCUT2D eigenvalue weighted by atomic mass is 10.1. The number of halogens is 1. The van der Waals surface area contributed by atoms with Crippen LogP contribution < -0.4 is 5.73 Å². The molecule has 18 heavy (non-hydrogen) atoms. The molecule has 0 aliphatic rings. The van der Waals surface area contributed by atoms with E-state index in [1.54, 1.807) is 0 Å². The van der Waals surface area contributed by atoms with Gasteiger partial charge < -0.3 is 5.73 Å². The van der Waals surface area contributed by atoms with Crippen LogP contribution in [0.15, 0.2) is 24.3 Å². The zero-order chi connectivity index (χ0) is 13.3. The van der Waals surface area contributed by atoms with Gasteiger partial charge in [-0.3, -0.25) is 4.68 Å². The molecule has 2 N–H and O–H groups in total. The summed E-state index contributed by atoms with van der Waals surface area (Å²) in [6.07, 6.45) is 0. The van der Waals surface area contributed by atoms with Gasteiger partial charge in [-0.05, 0) is 44.0 Å². The van der Waals surface area contributed by atoms with Crippen LogP contribution in [0.1, 0.15) is 28.6 Å². The molecule has 0 bridgehead atoms. The molecule has 0 aliphatic carbocycles. The highest BCUT2D eigenvalue weighted by Crippen LogP contribution is 2.23. The highest BCUT2D eigenvalue weighted by atomic mass is 35.5. The highest BCUT2D eigenvalue weighted by molar-refractivity contribution is 6.30. The van der Waals surface area contributed by atoms with Gasteiger partial charge >= 0.3 is 0 Å². The summed E-state index contributed by atoms with van der Waals surface area (Å²) in [6, 6.07) is 7.85. The third-order valence-electron chi connectivity index (χ3n) is 3.46. The van der Waals surface area contributed by atoms with Gasteiger partial charge in [-0.25, -0.2) is 0 Å². The Morgan fingerprint density at radius 2 is 1.83 bits per heavy atom. The third-order valence-corrected chi connectivity index (χ3v) is 3.71. The van der Waals surface area contributed by atoms with Crippen molar-refractivity contribution < 1.29 is 0 Å². The van der Waals surface area contributed by atoms with Crippen LogP contribution in [0, 0.1) is 20.8 Å². The van der Waals surface area contributed by atoms with E-state index in [9.17, 15) is 0 Å². The first kappa shape index (κ1) is 13.1. The first-order chi connectivity index (χ1) is 8.54. The molecule has 0 saturated carbocycles. The smallest absolute Gasteiger partial charge is 0.0893 e. The average molecular weight is 264 g/mol. The Bertz CT molecular complexity index is 543. The molecule has 2 aromatic rings. The molecule has 0 amide bonds. The Balaban J connectivity index is 2.45. The second kappa shape index (κ2) is 5.12. The largest absolute Gasteiger partial charge is 0.328 e. The van der Waals surface area contributed by atoms with Crippen molar-refractivity contribution in [2.45, 2.75) is 26.8 Å². The lowest BCUT2D eigenvalue weighted by molar-refractivity contribution is 0.516. The summed E-state index contributed by atoms with van der Waals surface area (Å²) in [4.78, 5) is 0. The summed E-state index contributed by atoms with van der Waals surface area (Å²) in [5, 5.41) is 5.32. The van der Waals surface area contributed by atoms with Gasteiger partial charge in [0.05, 0.1) is 11.7 Å². The van der Waals surface area contributed by atoms with Crippen molar-refractivity contribution >= 4 is 11.6 Å². The van der Waals surface area contributed by atoms with Crippen LogP contribution in [0.4, 0.5) is 0 Å². The predicted octanol–water partition coefficient (Wildman–Crippen LogP) is 3.01. The Hall–Kier alpha value is -1.32. The fourth-order valence-corrected chi connectivity index (χ4v) is 2.24. The second-order valence-corrected chi connectivity index (χ2v) is 4.98. The molecule has 0 saturated heterocycles. The fraction of sp³-hybridized carbons (Fsp3) is 0.357. The van der Waals surface area contributed by atoms with E-state index in [1.807, 2.05) is 35.9 Å². The van der Waals surface area contributed by atoms with Crippen LogP contribution in [0.3, 0.4) is 0 Å². The minimum atomic E-state index is 0.0645. The van der Waals surface area contributed by atoms with E-state index in [2.05, 4.69) is 18.9 Å². The van der Waals surface area contributed by atoms with Crippen molar-refractivity contribution in [2.24, 2.45) is 5.73 Å². The van der Waals surface area contributed by atoms with Crippen molar-refractivity contribution in [3.05, 3.63) is 51.8 Å². The van der Waals surface area contributed by atoms with Crippen LogP contribution in [0.25, 0.3) is 0 Å². The molecule has 2 rings (SSSR count). The zero-order valence-electron chi connectivity index (χ0n) is 10.9. The quantitative estimate of drug-likeness (QED) is 0.925. The molecule has 0 radical (unpaired) electrons. The van der Waals surface area contributed by atoms with Gasteiger partial charge in [0.15, 0.2) is 0 Å². The van der Waals surface area contributed by atoms with Gasteiger partial charge in [0.25, 0.3) is 0 Å². The number of hydrogen-bond donors (Lipinski definition) is 1. The molecule has 0 fully saturated rings. The maximum atomic E-state index is 5.91. The van der Waals surface area contributed by atoms with Gasteiger partial charge in [-0.1, -0.05) is 23.7 Å². The molecular weight excluding hydrogens is 246 g/mol. The van der Waals surface area contributed by atoms with Crippen molar-refractivity contribution in [3.63, 3.8) is 0 Å². The van der Waals surface area contributed by atoms with Crippen molar-refractivity contribution in [2.75, 3.05) is 6.54 Å². The summed E-state index contributed by atoms with van der Waals surface area (Å²) >= 11 is 5.91. The predicted molar refractivity (Wildman–Crippen MR) is 75.1 cm³/mol. The first-order valence-electron chi connectivity index (χ1n) is 6.02. The molecule has 1 aromatic carbocycles. The van der Waals surface area contributed by atoms with Gasteiger partial charge in [-0.15, -0.1) is 0 Å². The molecule has 1 atom stereocenters. The van der Waals surface area contributed by atoms with Crippen LogP contribution >= 0.6 is 11.6 Å². The van der Waals surface area contributed by atoms with Gasteiger partial charge in [-0.2, -0.15) is 5.10 Å². The van der Waals surface area contributed by atoms with E-state index >= 15 is 0 Å². The van der Waals surface area contributed by atoms with Gasteiger partial charge in [0.2, 0.25) is 0 Å². The lowest BCUT2D eigenvalue weighted by Gasteiger charge is -2.18. The highest BCUT2D eigenvalue weighted by Gasteiger charge is 2.17. The monoisotopic (exact) mass is 263 g/mol. The molecule has 0 aliphatic heterocycles. The second-order valence-electron chi connectivity index (χ2n) is 4.54. The van der Waals surface area contributed by atoms with Crippen LogP contribution in [0.2, 0.25) is 5.02 Å². The summed E-state index contributed by atoms with van der Waals surface area (Å²) in [5.74, 6) is 0. The van der Waals surface area contributed by atoms with E-state index in [0.717, 1.165) is 22.0 Å². The van der Waals surface area contributed by atoms with Crippen molar-refractivity contribution in [1.82, 2.24) is 9.78 Å². The normalized spacial score (nSPS) is 12.7. The van der Waals surface area contributed by atoms with Crippen LogP contribution in [-0.2, 0) is 0 Å². The number of benzene rings is 1. The summed E-state index contributed by atoms with van der Waals surface area (Å²) < 4.78 is 2.01. The van der Waals surface area contributed by atoms with Crippen molar-refractivity contribution in [3.8, 4) is 0 Å². The third kappa shape index (κ3) is 2.28. The summed E-state index contributed by atoms with van der Waals surface area (Å²) in [5.41, 5.74) is 10.5. The topological polar surface area (TPSA) is 43.8 Å².